The van der Waals surface area contributed by atoms with E-state index in [0.29, 0.717) is 0 Å². The van der Waals surface area contributed by atoms with Gasteiger partial charge in [-0.25, -0.2) is 0 Å². The van der Waals surface area contributed by atoms with Crippen molar-refractivity contribution >= 4 is 11.9 Å². The lowest BCUT2D eigenvalue weighted by Gasteiger charge is -2.32. The largest absolute Gasteiger partial charge is 0.462 e. The second-order valence-electron chi connectivity index (χ2n) is 6.11. The molecule has 116 valence electrons. The van der Waals surface area contributed by atoms with Gasteiger partial charge in [0.2, 0.25) is 0 Å². The summed E-state index contributed by atoms with van der Waals surface area (Å²) in [7, 11) is 0. The second kappa shape index (κ2) is 5.95. The molecule has 0 N–H and O–H groups in total. The maximum atomic E-state index is 12.6. The quantitative estimate of drug-likeness (QED) is 0.636. The first-order chi connectivity index (χ1) is 10.6. The SMILES string of the molecule is CC1C=CC2C(=O)OC(C)C2C1C(=O)OCc1ccccc1. The third-order valence-electron chi connectivity index (χ3n) is 4.63. The maximum absolute atomic E-state index is 12.6. The molecule has 1 saturated heterocycles. The Morgan fingerprint density at radius 2 is 1.91 bits per heavy atom. The number of esters is 2. The van der Waals surface area contributed by atoms with E-state index in [9.17, 15) is 9.59 Å². The standard InChI is InChI=1S/C18H20O4/c1-11-8-9-14-16(12(2)22-17(14)19)15(11)18(20)21-10-13-6-4-3-5-7-13/h3-9,11-12,14-16H,10H2,1-2H3. The zero-order valence-electron chi connectivity index (χ0n) is 12.8. The molecule has 0 saturated carbocycles. The van der Waals surface area contributed by atoms with Gasteiger partial charge in [-0.05, 0) is 18.4 Å². The number of hydrogen-bond donors (Lipinski definition) is 0. The van der Waals surface area contributed by atoms with Gasteiger partial charge in [0, 0.05) is 5.92 Å². The molecule has 5 unspecified atom stereocenters. The van der Waals surface area contributed by atoms with E-state index in [1.807, 2.05) is 56.3 Å². The number of allylic oxidation sites excluding steroid dienone is 1. The van der Waals surface area contributed by atoms with Gasteiger partial charge >= 0.3 is 11.9 Å². The normalized spacial score (nSPS) is 33.2. The van der Waals surface area contributed by atoms with Gasteiger partial charge < -0.3 is 9.47 Å². The first kappa shape index (κ1) is 14.8. The zero-order valence-corrected chi connectivity index (χ0v) is 12.8. The van der Waals surface area contributed by atoms with Gasteiger partial charge in [-0.15, -0.1) is 0 Å². The number of ether oxygens (including phenoxy) is 2. The summed E-state index contributed by atoms with van der Waals surface area (Å²) >= 11 is 0. The molecule has 2 aliphatic rings. The van der Waals surface area contributed by atoms with Crippen LogP contribution in [0.3, 0.4) is 0 Å². The summed E-state index contributed by atoms with van der Waals surface area (Å²) in [6, 6.07) is 9.59. The Hall–Kier alpha value is -2.10. The number of carbonyl (C=O) groups is 2. The monoisotopic (exact) mass is 300 g/mol. The molecule has 0 radical (unpaired) electrons. The second-order valence-corrected chi connectivity index (χ2v) is 6.11. The van der Waals surface area contributed by atoms with Crippen LogP contribution in [0.5, 0.6) is 0 Å². The van der Waals surface area contributed by atoms with Crippen molar-refractivity contribution in [1.29, 1.82) is 0 Å². The molecule has 4 nitrogen and oxygen atoms in total. The van der Waals surface area contributed by atoms with Crippen molar-refractivity contribution in [3.05, 3.63) is 48.0 Å². The Morgan fingerprint density at radius 3 is 2.64 bits per heavy atom. The molecular formula is C18H20O4. The van der Waals surface area contributed by atoms with Crippen LogP contribution in [0.4, 0.5) is 0 Å². The Bertz CT molecular complexity index is 592. The van der Waals surface area contributed by atoms with Gasteiger partial charge in [0.15, 0.2) is 0 Å². The molecule has 3 rings (SSSR count). The molecule has 0 bridgehead atoms. The van der Waals surface area contributed by atoms with Crippen molar-refractivity contribution in [2.24, 2.45) is 23.7 Å². The molecular weight excluding hydrogens is 280 g/mol. The summed E-state index contributed by atoms with van der Waals surface area (Å²) in [6.07, 6.45) is 3.55. The third kappa shape index (κ3) is 2.65. The minimum absolute atomic E-state index is 0.0430. The molecule has 1 heterocycles. The number of fused-ring (bicyclic) bond motifs is 1. The Balaban J connectivity index is 1.73. The van der Waals surface area contributed by atoms with Crippen molar-refractivity contribution in [2.75, 3.05) is 0 Å². The van der Waals surface area contributed by atoms with Crippen LogP contribution in [0.15, 0.2) is 42.5 Å². The summed E-state index contributed by atoms with van der Waals surface area (Å²) in [6.45, 7) is 4.09. The smallest absolute Gasteiger partial charge is 0.313 e. The molecule has 22 heavy (non-hydrogen) atoms. The highest BCUT2D eigenvalue weighted by molar-refractivity contribution is 5.81. The van der Waals surface area contributed by atoms with Gasteiger partial charge in [0.05, 0.1) is 11.8 Å². The van der Waals surface area contributed by atoms with Crippen LogP contribution in [-0.4, -0.2) is 18.0 Å². The number of hydrogen-bond acceptors (Lipinski definition) is 4. The lowest BCUT2D eigenvalue weighted by Crippen LogP contribution is -2.39. The van der Waals surface area contributed by atoms with E-state index in [2.05, 4.69) is 0 Å². The predicted molar refractivity (Wildman–Crippen MR) is 80.6 cm³/mol. The lowest BCUT2D eigenvalue weighted by atomic mass is 9.70. The molecule has 0 aromatic heterocycles. The fourth-order valence-electron chi connectivity index (χ4n) is 3.47. The summed E-state index contributed by atoms with van der Waals surface area (Å²) in [5.41, 5.74) is 0.957. The molecule has 1 aliphatic carbocycles. The van der Waals surface area contributed by atoms with Gasteiger partial charge in [-0.2, -0.15) is 0 Å². The van der Waals surface area contributed by atoms with Crippen molar-refractivity contribution in [3.8, 4) is 0 Å². The number of benzene rings is 1. The highest BCUT2D eigenvalue weighted by Gasteiger charge is 2.51. The van der Waals surface area contributed by atoms with E-state index in [-0.39, 0.29) is 48.3 Å². The van der Waals surface area contributed by atoms with E-state index < -0.39 is 0 Å². The number of rotatable bonds is 3. The van der Waals surface area contributed by atoms with Crippen LogP contribution in [0.1, 0.15) is 19.4 Å². The van der Waals surface area contributed by atoms with Crippen molar-refractivity contribution in [2.45, 2.75) is 26.6 Å². The molecule has 1 aliphatic heterocycles. The van der Waals surface area contributed by atoms with E-state index >= 15 is 0 Å². The Kier molecular flexibility index (Phi) is 4.01. The summed E-state index contributed by atoms with van der Waals surface area (Å²) in [5.74, 6) is -1.22. The average Bonchev–Trinajstić information content (AvgIpc) is 2.80. The van der Waals surface area contributed by atoms with Crippen LogP contribution in [0.2, 0.25) is 0 Å². The van der Waals surface area contributed by atoms with Crippen LogP contribution >= 0.6 is 0 Å². The average molecular weight is 300 g/mol. The van der Waals surface area contributed by atoms with Gasteiger partial charge in [0.25, 0.3) is 0 Å². The van der Waals surface area contributed by atoms with Gasteiger partial charge in [-0.3, -0.25) is 9.59 Å². The summed E-state index contributed by atoms with van der Waals surface area (Å²) < 4.78 is 10.8. The molecule has 1 fully saturated rings. The topological polar surface area (TPSA) is 52.6 Å². The zero-order chi connectivity index (χ0) is 15.7. The molecule has 1 aromatic carbocycles. The highest BCUT2D eigenvalue weighted by Crippen LogP contribution is 2.43. The first-order valence-corrected chi connectivity index (χ1v) is 7.67. The van der Waals surface area contributed by atoms with Crippen LogP contribution < -0.4 is 0 Å². The number of carbonyl (C=O) groups excluding carboxylic acids is 2. The van der Waals surface area contributed by atoms with Crippen LogP contribution in [0.25, 0.3) is 0 Å². The summed E-state index contributed by atoms with van der Waals surface area (Å²) in [5, 5.41) is 0. The van der Waals surface area contributed by atoms with E-state index in [0.717, 1.165) is 5.56 Å². The van der Waals surface area contributed by atoms with Crippen LogP contribution in [0, 0.1) is 23.7 Å². The van der Waals surface area contributed by atoms with Crippen molar-refractivity contribution in [3.63, 3.8) is 0 Å². The molecule has 4 heteroatoms. The van der Waals surface area contributed by atoms with Crippen molar-refractivity contribution in [1.82, 2.24) is 0 Å². The molecule has 0 amide bonds. The lowest BCUT2D eigenvalue weighted by molar-refractivity contribution is -0.155. The van der Waals surface area contributed by atoms with Crippen LogP contribution in [-0.2, 0) is 25.7 Å². The maximum Gasteiger partial charge on any atom is 0.313 e. The fraction of sp³-hybridized carbons (Fsp3) is 0.444. The van der Waals surface area contributed by atoms with Crippen molar-refractivity contribution < 1.29 is 19.1 Å². The highest BCUT2D eigenvalue weighted by atomic mass is 16.6. The van der Waals surface area contributed by atoms with Gasteiger partial charge in [-0.1, -0.05) is 49.4 Å². The van der Waals surface area contributed by atoms with E-state index in [1.165, 1.54) is 0 Å². The molecule has 5 atom stereocenters. The molecule has 1 aromatic rings. The Labute approximate surface area is 130 Å². The predicted octanol–water partition coefficient (Wildman–Crippen LogP) is 2.73. The number of cyclic esters (lactones) is 1. The Morgan fingerprint density at radius 1 is 1.18 bits per heavy atom. The first-order valence-electron chi connectivity index (χ1n) is 7.67. The van der Waals surface area contributed by atoms with E-state index in [4.69, 9.17) is 9.47 Å². The molecule has 0 spiro atoms. The summed E-state index contributed by atoms with van der Waals surface area (Å²) in [4.78, 5) is 24.4. The minimum Gasteiger partial charge on any atom is -0.462 e. The fourth-order valence-corrected chi connectivity index (χ4v) is 3.47. The van der Waals surface area contributed by atoms with Gasteiger partial charge in [0.1, 0.15) is 12.7 Å². The van der Waals surface area contributed by atoms with E-state index in [1.54, 1.807) is 0 Å². The third-order valence-corrected chi connectivity index (χ3v) is 4.63. The minimum atomic E-state index is -0.333.